The van der Waals surface area contributed by atoms with Gasteiger partial charge in [-0.25, -0.2) is 4.68 Å². The largest absolute Gasteiger partial charge is 0.494 e. The normalized spacial score (nSPS) is 11.7. The maximum atomic E-state index is 12.9. The number of para-hydroxylation sites is 1. The minimum atomic E-state index is -0.216. The molecular formula is C27H27N3O2. The average molecular weight is 426 g/mol. The molecule has 1 heterocycles. The minimum absolute atomic E-state index is 0.000184. The molecule has 5 nitrogen and oxygen atoms in total. The highest BCUT2D eigenvalue weighted by Gasteiger charge is 2.17. The molecule has 1 unspecified atom stereocenters. The fourth-order valence-corrected chi connectivity index (χ4v) is 3.63. The second kappa shape index (κ2) is 10.4. The molecule has 32 heavy (non-hydrogen) atoms. The van der Waals surface area contributed by atoms with Gasteiger partial charge in [0.15, 0.2) is 0 Å². The number of carbonyl (C=O) groups is 1. The van der Waals surface area contributed by atoms with Crippen molar-refractivity contribution in [2.75, 3.05) is 6.61 Å². The van der Waals surface area contributed by atoms with E-state index in [-0.39, 0.29) is 11.9 Å². The molecule has 5 heteroatoms. The molecule has 162 valence electrons. The van der Waals surface area contributed by atoms with E-state index in [9.17, 15) is 4.79 Å². The van der Waals surface area contributed by atoms with Gasteiger partial charge in [-0.1, -0.05) is 60.7 Å². The van der Waals surface area contributed by atoms with Crippen molar-refractivity contribution in [3.63, 3.8) is 0 Å². The topological polar surface area (TPSA) is 56.1 Å². The highest BCUT2D eigenvalue weighted by molar-refractivity contribution is 5.77. The fraction of sp³-hybridized carbons (Fsp3) is 0.185. The van der Waals surface area contributed by atoms with Crippen molar-refractivity contribution >= 4 is 5.91 Å². The molecular weight excluding hydrogens is 398 g/mol. The molecule has 0 fully saturated rings. The van der Waals surface area contributed by atoms with Crippen LogP contribution in [0, 0.1) is 0 Å². The summed E-state index contributed by atoms with van der Waals surface area (Å²) in [7, 11) is 0. The summed E-state index contributed by atoms with van der Waals surface area (Å²) in [6.45, 7) is 2.59. The van der Waals surface area contributed by atoms with Gasteiger partial charge in [-0.15, -0.1) is 0 Å². The molecule has 0 spiro atoms. The molecule has 1 amide bonds. The van der Waals surface area contributed by atoms with E-state index in [1.54, 1.807) is 0 Å². The summed E-state index contributed by atoms with van der Waals surface area (Å²) in [5.41, 5.74) is 4.09. The number of aromatic nitrogens is 2. The molecule has 4 aromatic rings. The lowest BCUT2D eigenvalue weighted by Gasteiger charge is -2.20. The van der Waals surface area contributed by atoms with Crippen molar-refractivity contribution in [3.05, 3.63) is 114 Å². The quantitative estimate of drug-likeness (QED) is 0.405. The second-order valence-corrected chi connectivity index (χ2v) is 7.54. The summed E-state index contributed by atoms with van der Waals surface area (Å²) >= 11 is 0. The minimum Gasteiger partial charge on any atom is -0.494 e. The van der Waals surface area contributed by atoms with Crippen molar-refractivity contribution in [1.29, 1.82) is 0 Å². The van der Waals surface area contributed by atoms with Gasteiger partial charge in [0.1, 0.15) is 5.75 Å². The zero-order valence-corrected chi connectivity index (χ0v) is 18.1. The third-order valence-corrected chi connectivity index (χ3v) is 5.26. The van der Waals surface area contributed by atoms with E-state index in [1.165, 1.54) is 0 Å². The summed E-state index contributed by atoms with van der Waals surface area (Å²) in [5, 5.41) is 7.62. The Hall–Kier alpha value is -3.86. The van der Waals surface area contributed by atoms with Gasteiger partial charge < -0.3 is 10.1 Å². The zero-order chi connectivity index (χ0) is 22.2. The van der Waals surface area contributed by atoms with E-state index in [1.807, 2.05) is 109 Å². The van der Waals surface area contributed by atoms with Crippen LogP contribution in [0.1, 0.15) is 36.1 Å². The van der Waals surface area contributed by atoms with Crippen LogP contribution < -0.4 is 10.1 Å². The van der Waals surface area contributed by atoms with Crippen molar-refractivity contribution in [2.45, 2.75) is 25.8 Å². The highest BCUT2D eigenvalue weighted by Crippen LogP contribution is 2.24. The molecule has 0 aliphatic carbocycles. The van der Waals surface area contributed by atoms with Crippen LogP contribution in [0.15, 0.2) is 97.3 Å². The van der Waals surface area contributed by atoms with E-state index >= 15 is 0 Å². The average Bonchev–Trinajstić information content (AvgIpc) is 3.32. The van der Waals surface area contributed by atoms with Crippen molar-refractivity contribution in [1.82, 2.24) is 15.1 Å². The summed E-state index contributed by atoms with van der Waals surface area (Å²) < 4.78 is 7.39. The first kappa shape index (κ1) is 21.4. The number of rotatable bonds is 9. The summed E-state index contributed by atoms with van der Waals surface area (Å²) in [6.07, 6.45) is 4.81. The number of hydrogen-bond donors (Lipinski definition) is 1. The van der Waals surface area contributed by atoms with E-state index in [0.717, 1.165) is 28.1 Å². The van der Waals surface area contributed by atoms with Crippen LogP contribution >= 0.6 is 0 Å². The Balaban J connectivity index is 1.43. The van der Waals surface area contributed by atoms with Gasteiger partial charge >= 0.3 is 0 Å². The summed E-state index contributed by atoms with van der Waals surface area (Å²) in [5.74, 6) is 0.824. The van der Waals surface area contributed by atoms with Crippen LogP contribution in [0.25, 0.3) is 5.69 Å². The third kappa shape index (κ3) is 5.43. The molecule has 0 saturated carbocycles. The summed E-state index contributed by atoms with van der Waals surface area (Å²) in [4.78, 5) is 12.9. The third-order valence-electron chi connectivity index (χ3n) is 5.26. The van der Waals surface area contributed by atoms with Crippen LogP contribution in [0.3, 0.4) is 0 Å². The van der Waals surface area contributed by atoms with Crippen molar-refractivity contribution in [3.8, 4) is 11.4 Å². The van der Waals surface area contributed by atoms with Crippen LogP contribution in [0.5, 0.6) is 5.75 Å². The van der Waals surface area contributed by atoms with Crippen LogP contribution in [0.2, 0.25) is 0 Å². The Kier molecular flexibility index (Phi) is 6.98. The SMILES string of the molecule is CCOc1ccc(C(NC(=O)CCc2cnn(-c3ccccc3)c2)c2ccccc2)cc1. The first-order chi connectivity index (χ1) is 15.7. The molecule has 0 aliphatic heterocycles. The maximum Gasteiger partial charge on any atom is 0.221 e. The number of nitrogens with one attached hydrogen (secondary N) is 1. The monoisotopic (exact) mass is 425 g/mol. The van der Waals surface area contributed by atoms with Gasteiger partial charge in [0, 0.05) is 12.6 Å². The van der Waals surface area contributed by atoms with Gasteiger partial charge in [-0.2, -0.15) is 5.10 Å². The zero-order valence-electron chi connectivity index (χ0n) is 18.1. The molecule has 0 bridgehead atoms. The number of amides is 1. The number of hydrogen-bond acceptors (Lipinski definition) is 3. The van der Waals surface area contributed by atoms with Crippen LogP contribution in [0.4, 0.5) is 0 Å². The predicted octanol–water partition coefficient (Wildman–Crippen LogP) is 5.11. The predicted molar refractivity (Wildman–Crippen MR) is 126 cm³/mol. The second-order valence-electron chi connectivity index (χ2n) is 7.54. The number of aryl methyl sites for hydroxylation is 1. The highest BCUT2D eigenvalue weighted by atomic mass is 16.5. The lowest BCUT2D eigenvalue weighted by Crippen LogP contribution is -2.29. The van der Waals surface area contributed by atoms with Crippen molar-refractivity contribution in [2.24, 2.45) is 0 Å². The Labute approximate surface area is 188 Å². The van der Waals surface area contributed by atoms with Gasteiger partial charge in [0.05, 0.1) is 24.5 Å². The Morgan fingerprint density at radius 3 is 2.28 bits per heavy atom. The number of nitrogens with zero attached hydrogens (tertiary/aromatic N) is 2. The first-order valence-corrected chi connectivity index (χ1v) is 10.9. The molecule has 0 saturated heterocycles. The van der Waals surface area contributed by atoms with Gasteiger partial charge in [-0.3, -0.25) is 4.79 Å². The van der Waals surface area contributed by atoms with E-state index in [2.05, 4.69) is 10.4 Å². The lowest BCUT2D eigenvalue weighted by atomic mass is 9.98. The molecule has 0 aliphatic rings. The first-order valence-electron chi connectivity index (χ1n) is 10.9. The molecule has 0 radical (unpaired) electrons. The van der Waals surface area contributed by atoms with E-state index in [0.29, 0.717) is 19.4 Å². The number of ether oxygens (including phenoxy) is 1. The van der Waals surface area contributed by atoms with Gasteiger partial charge in [0.25, 0.3) is 0 Å². The van der Waals surface area contributed by atoms with Gasteiger partial charge in [0.2, 0.25) is 5.91 Å². The molecule has 1 aromatic heterocycles. The van der Waals surface area contributed by atoms with E-state index in [4.69, 9.17) is 4.74 Å². The molecule has 3 aromatic carbocycles. The molecule has 1 atom stereocenters. The van der Waals surface area contributed by atoms with E-state index < -0.39 is 0 Å². The Bertz CT molecular complexity index is 1120. The Morgan fingerprint density at radius 2 is 1.59 bits per heavy atom. The molecule has 4 rings (SSSR count). The van der Waals surface area contributed by atoms with Crippen LogP contribution in [-0.2, 0) is 11.2 Å². The van der Waals surface area contributed by atoms with Gasteiger partial charge in [-0.05, 0) is 54.3 Å². The standard InChI is InChI=1S/C27H27N3O2/c1-2-32-25-16-14-23(15-17-25)27(22-9-5-3-6-10-22)29-26(31)18-13-21-19-28-30(20-21)24-11-7-4-8-12-24/h3-12,14-17,19-20,27H,2,13,18H2,1H3,(H,29,31). The van der Waals surface area contributed by atoms with Crippen LogP contribution in [-0.4, -0.2) is 22.3 Å². The lowest BCUT2D eigenvalue weighted by molar-refractivity contribution is -0.121. The smallest absolute Gasteiger partial charge is 0.221 e. The number of carbonyl (C=O) groups excluding carboxylic acids is 1. The van der Waals surface area contributed by atoms with Crippen molar-refractivity contribution < 1.29 is 9.53 Å². The summed E-state index contributed by atoms with van der Waals surface area (Å²) in [6, 6.07) is 27.7. The maximum absolute atomic E-state index is 12.9. The Morgan fingerprint density at radius 1 is 0.938 bits per heavy atom. The molecule has 1 N–H and O–H groups in total. The fourth-order valence-electron chi connectivity index (χ4n) is 3.63. The number of benzene rings is 3.